The molecule has 3 aliphatic heterocycles. The van der Waals surface area contributed by atoms with Crippen molar-refractivity contribution in [2.75, 3.05) is 19.6 Å². The first-order chi connectivity index (χ1) is 8.74. The number of rotatable bonds is 2. The largest absolute Gasteiger partial charge is 0.373 e. The molecule has 3 saturated heterocycles. The molecule has 1 aromatic rings. The minimum atomic E-state index is -1.11. The van der Waals surface area contributed by atoms with Crippen molar-refractivity contribution in [1.29, 1.82) is 0 Å². The van der Waals surface area contributed by atoms with Crippen molar-refractivity contribution < 1.29 is 6.53 Å². The number of benzene rings is 1. The van der Waals surface area contributed by atoms with Crippen LogP contribution < -0.4 is 0 Å². The summed E-state index contributed by atoms with van der Waals surface area (Å²) < 4.78 is 0. The third-order valence-corrected chi connectivity index (χ3v) is 4.63. The lowest BCUT2D eigenvalue weighted by Crippen LogP contribution is -2.54. The second kappa shape index (κ2) is 4.42. The fourth-order valence-corrected chi connectivity index (χ4v) is 3.54. The van der Waals surface area contributed by atoms with E-state index < -0.39 is 5.60 Å². The van der Waals surface area contributed by atoms with Crippen molar-refractivity contribution in [3.63, 3.8) is 0 Å². The third kappa shape index (κ3) is 1.75. The van der Waals surface area contributed by atoms with Gasteiger partial charge in [0.15, 0.2) is 5.60 Å². The highest BCUT2D eigenvalue weighted by Gasteiger charge is 2.46. The van der Waals surface area contributed by atoms with Crippen LogP contribution in [0.3, 0.4) is 0 Å². The molecular formula is C16H21NO. The maximum atomic E-state index is 11.0. The topological polar surface area (TPSA) is 23.5 Å². The summed E-state index contributed by atoms with van der Waals surface area (Å²) in [4.78, 5) is 2.43. The molecule has 1 aromatic carbocycles. The van der Waals surface area contributed by atoms with Crippen LogP contribution in [0.2, 0.25) is 0 Å². The Kier molecular flexibility index (Phi) is 2.89. The van der Waals surface area contributed by atoms with Gasteiger partial charge in [-0.25, -0.2) is 0 Å². The van der Waals surface area contributed by atoms with E-state index in [9.17, 15) is 5.11 Å². The quantitative estimate of drug-likeness (QED) is 0.804. The van der Waals surface area contributed by atoms with Crippen molar-refractivity contribution in [2.24, 2.45) is 11.8 Å². The van der Waals surface area contributed by atoms with Crippen molar-refractivity contribution in [1.82, 2.24) is 4.90 Å². The Morgan fingerprint density at radius 2 is 1.94 bits per heavy atom. The van der Waals surface area contributed by atoms with E-state index in [1.165, 1.54) is 12.8 Å². The lowest BCUT2D eigenvalue weighted by Gasteiger charge is -2.49. The maximum Gasteiger partial charge on any atom is 0.154 e. The van der Waals surface area contributed by atoms with Crippen LogP contribution in [-0.4, -0.2) is 29.6 Å². The summed E-state index contributed by atoms with van der Waals surface area (Å²) in [5.74, 6) is 3.42. The Bertz CT molecular complexity index is 461. The fraction of sp³-hybridized carbons (Fsp3) is 0.500. The summed E-state index contributed by atoms with van der Waals surface area (Å²) in [6.45, 7) is 3.26. The van der Waals surface area contributed by atoms with Crippen LogP contribution in [-0.2, 0) is 5.60 Å². The van der Waals surface area contributed by atoms with E-state index in [0.29, 0.717) is 5.92 Å². The van der Waals surface area contributed by atoms with E-state index in [2.05, 4.69) is 10.8 Å². The summed E-state index contributed by atoms with van der Waals surface area (Å²) in [7, 11) is 0. The van der Waals surface area contributed by atoms with Gasteiger partial charge in [0.05, 0.1) is 0 Å². The first kappa shape index (κ1) is 11.8. The summed E-state index contributed by atoms with van der Waals surface area (Å²) >= 11 is 0. The Labute approximate surface area is 110 Å². The van der Waals surface area contributed by atoms with Gasteiger partial charge in [-0.2, -0.15) is 0 Å². The van der Waals surface area contributed by atoms with Gasteiger partial charge >= 0.3 is 0 Å². The van der Waals surface area contributed by atoms with Crippen molar-refractivity contribution in [3.05, 3.63) is 35.9 Å². The number of fused-ring (bicyclic) bond motifs is 3. The number of hydrogen-bond acceptors (Lipinski definition) is 2. The number of aliphatic hydroxyl groups is 1. The molecule has 0 radical (unpaired) electrons. The van der Waals surface area contributed by atoms with E-state index in [0.717, 1.165) is 25.2 Å². The van der Waals surface area contributed by atoms with Crippen LogP contribution in [0.15, 0.2) is 30.3 Å². The number of piperidine rings is 3. The van der Waals surface area contributed by atoms with Crippen molar-refractivity contribution in [2.45, 2.75) is 18.4 Å². The van der Waals surface area contributed by atoms with Crippen LogP contribution in [0.25, 0.3) is 0 Å². The second-order valence-electron chi connectivity index (χ2n) is 5.52. The molecule has 0 amide bonds. The van der Waals surface area contributed by atoms with E-state index in [1.807, 2.05) is 30.3 Å². The van der Waals surface area contributed by atoms with Crippen LogP contribution in [0.1, 0.15) is 19.8 Å². The molecule has 0 aromatic heterocycles. The van der Waals surface area contributed by atoms with E-state index in [-0.39, 0.29) is 7.34 Å². The van der Waals surface area contributed by atoms with Gasteiger partial charge in [0, 0.05) is 13.9 Å². The zero-order chi connectivity index (χ0) is 12.6. The molecule has 0 spiro atoms. The van der Waals surface area contributed by atoms with Gasteiger partial charge in [-0.3, -0.25) is 0 Å². The molecule has 3 fully saturated rings. The molecule has 2 unspecified atom stereocenters. The highest BCUT2D eigenvalue weighted by atomic mass is 16.3. The molecular weight excluding hydrogens is 222 g/mol. The third-order valence-electron chi connectivity index (χ3n) is 4.63. The lowest BCUT2D eigenvalue weighted by molar-refractivity contribution is -0.0660. The smallest absolute Gasteiger partial charge is 0.154 e. The number of terminal acetylenes is 1. The van der Waals surface area contributed by atoms with E-state index in [1.54, 1.807) is 0 Å². The predicted octanol–water partition coefficient (Wildman–Crippen LogP) is 2.10. The summed E-state index contributed by atoms with van der Waals surface area (Å²) in [6.07, 6.45) is 8.02. The molecule has 3 aliphatic rings. The van der Waals surface area contributed by atoms with Gasteiger partial charge in [0.2, 0.25) is 0 Å². The van der Waals surface area contributed by atoms with Gasteiger partial charge in [-0.1, -0.05) is 36.3 Å². The molecule has 18 heavy (non-hydrogen) atoms. The highest BCUT2D eigenvalue weighted by molar-refractivity contribution is 5.32. The Morgan fingerprint density at radius 3 is 2.44 bits per heavy atom. The van der Waals surface area contributed by atoms with Crippen LogP contribution in [0.4, 0.5) is 0 Å². The standard InChI is InChI=1S/C16H19NO.H2/c1-2-16(18,14-6-4-3-5-7-14)15-12-17-10-8-13(15)9-11-17;/h1,3-7,13,15,18H,8-12H2;1H. The van der Waals surface area contributed by atoms with Crippen LogP contribution in [0, 0.1) is 24.2 Å². The molecule has 2 heteroatoms. The number of hydrogen-bond donors (Lipinski definition) is 1. The van der Waals surface area contributed by atoms with E-state index >= 15 is 0 Å². The molecule has 2 nitrogen and oxygen atoms in total. The zero-order valence-corrected chi connectivity index (χ0v) is 10.5. The van der Waals surface area contributed by atoms with Crippen molar-refractivity contribution >= 4 is 0 Å². The molecule has 4 rings (SSSR count). The van der Waals surface area contributed by atoms with Gasteiger partial charge < -0.3 is 10.0 Å². The monoisotopic (exact) mass is 243 g/mol. The minimum Gasteiger partial charge on any atom is -0.373 e. The van der Waals surface area contributed by atoms with Crippen LogP contribution >= 0.6 is 0 Å². The zero-order valence-electron chi connectivity index (χ0n) is 10.5. The average molecular weight is 243 g/mol. The highest BCUT2D eigenvalue weighted by Crippen LogP contribution is 2.42. The fourth-order valence-electron chi connectivity index (χ4n) is 3.54. The lowest BCUT2D eigenvalue weighted by atomic mass is 9.68. The summed E-state index contributed by atoms with van der Waals surface area (Å²) in [5, 5.41) is 11.0. The van der Waals surface area contributed by atoms with Gasteiger partial charge in [-0.05, 0) is 37.4 Å². The first-order valence-electron chi connectivity index (χ1n) is 6.72. The van der Waals surface area contributed by atoms with Gasteiger partial charge in [0.25, 0.3) is 0 Å². The molecule has 2 bridgehead atoms. The van der Waals surface area contributed by atoms with Gasteiger partial charge in [-0.15, -0.1) is 6.42 Å². The first-order valence-corrected chi connectivity index (χ1v) is 6.72. The summed E-state index contributed by atoms with van der Waals surface area (Å²) in [5.41, 5.74) is -0.239. The molecule has 1 N–H and O–H groups in total. The Morgan fingerprint density at radius 1 is 1.28 bits per heavy atom. The van der Waals surface area contributed by atoms with Crippen molar-refractivity contribution in [3.8, 4) is 12.3 Å². The molecule has 0 saturated carbocycles. The van der Waals surface area contributed by atoms with Gasteiger partial charge in [0.1, 0.15) is 0 Å². The molecule has 2 atom stereocenters. The Balaban J connectivity index is 0.00000133. The SMILES string of the molecule is C#CC(O)(c1ccccc1)C1CN2CCC1CC2.[HH]. The van der Waals surface area contributed by atoms with E-state index in [4.69, 9.17) is 6.42 Å². The maximum absolute atomic E-state index is 11.0. The summed E-state index contributed by atoms with van der Waals surface area (Å²) in [6, 6.07) is 9.73. The molecule has 96 valence electrons. The Hall–Kier alpha value is -1.30. The number of nitrogens with zero attached hydrogens (tertiary/aromatic N) is 1. The second-order valence-corrected chi connectivity index (χ2v) is 5.52. The predicted molar refractivity (Wildman–Crippen MR) is 73.9 cm³/mol. The average Bonchev–Trinajstić information content (AvgIpc) is 2.48. The molecule has 0 aliphatic carbocycles. The van der Waals surface area contributed by atoms with Crippen LogP contribution in [0.5, 0.6) is 0 Å². The molecule has 3 heterocycles. The minimum absolute atomic E-state index is 0. The normalized spacial score (nSPS) is 33.7.